The van der Waals surface area contributed by atoms with E-state index in [1.807, 2.05) is 18.2 Å². The predicted octanol–water partition coefficient (Wildman–Crippen LogP) is 5.22. The molecule has 4 nitrogen and oxygen atoms in total. The van der Waals surface area contributed by atoms with Crippen LogP contribution in [0.25, 0.3) is 0 Å². The second kappa shape index (κ2) is 8.00. The monoisotopic (exact) mass is 389 g/mol. The number of rotatable bonds is 4. The molecule has 0 atom stereocenters. The van der Waals surface area contributed by atoms with Crippen LogP contribution in [-0.4, -0.2) is 24.4 Å². The van der Waals surface area contributed by atoms with Gasteiger partial charge in [0.05, 0.1) is 11.6 Å². The second-order valence-corrected chi connectivity index (χ2v) is 9.05. The summed E-state index contributed by atoms with van der Waals surface area (Å²) in [5.41, 5.74) is 6.92. The van der Waals surface area contributed by atoms with E-state index in [9.17, 15) is 10.1 Å². The average Bonchev–Trinajstić information content (AvgIpc) is 2.66. The number of anilines is 1. The minimum atomic E-state index is -0.171. The third-order valence-corrected chi connectivity index (χ3v) is 5.91. The van der Waals surface area contributed by atoms with Crippen molar-refractivity contribution in [2.75, 3.05) is 18.9 Å². The zero-order chi connectivity index (χ0) is 21.3. The van der Waals surface area contributed by atoms with Crippen LogP contribution in [0.5, 0.6) is 0 Å². The van der Waals surface area contributed by atoms with E-state index in [-0.39, 0.29) is 17.2 Å². The minimum absolute atomic E-state index is 0.0865. The molecule has 1 aliphatic heterocycles. The van der Waals surface area contributed by atoms with Crippen LogP contribution < -0.4 is 5.32 Å². The van der Waals surface area contributed by atoms with E-state index in [1.54, 1.807) is 6.07 Å². The molecule has 0 unspecified atom stereocenters. The smallest absolute Gasteiger partial charge is 0.255 e. The van der Waals surface area contributed by atoms with Crippen LogP contribution in [0.2, 0.25) is 0 Å². The lowest BCUT2D eigenvalue weighted by Crippen LogP contribution is -2.40. The first-order chi connectivity index (χ1) is 13.7. The number of benzene rings is 2. The lowest BCUT2D eigenvalue weighted by molar-refractivity contribution is 0.102. The largest absolute Gasteiger partial charge is 0.322 e. The molecule has 0 saturated carbocycles. The van der Waals surface area contributed by atoms with Gasteiger partial charge < -0.3 is 10.2 Å². The molecular weight excluding hydrogens is 358 g/mol. The number of fused-ring (bicyclic) bond motifs is 1. The summed E-state index contributed by atoms with van der Waals surface area (Å²) in [5, 5.41) is 12.6. The van der Waals surface area contributed by atoms with Gasteiger partial charge in [-0.25, -0.2) is 0 Å². The number of carbonyl (C=O) groups is 1. The number of nitrogens with zero attached hydrogens (tertiary/aromatic N) is 2. The fourth-order valence-corrected chi connectivity index (χ4v) is 4.61. The molecule has 152 valence electrons. The van der Waals surface area contributed by atoms with Crippen LogP contribution in [0, 0.1) is 11.3 Å². The Morgan fingerprint density at radius 3 is 2.62 bits per heavy atom. The molecule has 4 heteroatoms. The number of nitrogens with one attached hydrogen (secondary N) is 1. The summed E-state index contributed by atoms with van der Waals surface area (Å²) in [6.07, 6.45) is 0.860. The topological polar surface area (TPSA) is 56.1 Å². The molecule has 0 fully saturated rings. The Bertz CT molecular complexity index is 982. The summed E-state index contributed by atoms with van der Waals surface area (Å²) in [4.78, 5) is 15.3. The first kappa shape index (κ1) is 21.1. The van der Waals surface area contributed by atoms with Gasteiger partial charge in [-0.15, -0.1) is 0 Å². The number of carbonyl (C=O) groups excluding carboxylic acids is 1. The summed E-state index contributed by atoms with van der Waals surface area (Å²) < 4.78 is 0. The van der Waals surface area contributed by atoms with Crippen molar-refractivity contribution >= 4 is 11.6 Å². The Hall–Kier alpha value is -2.64. The van der Waals surface area contributed by atoms with E-state index in [1.165, 1.54) is 16.7 Å². The lowest BCUT2D eigenvalue weighted by Gasteiger charge is -2.39. The van der Waals surface area contributed by atoms with Crippen LogP contribution >= 0.6 is 0 Å². The molecule has 2 aromatic carbocycles. The van der Waals surface area contributed by atoms with Crippen molar-refractivity contribution in [2.45, 2.75) is 58.9 Å². The maximum absolute atomic E-state index is 13.0. The van der Waals surface area contributed by atoms with E-state index in [4.69, 9.17) is 0 Å². The third-order valence-electron chi connectivity index (χ3n) is 5.91. The molecule has 1 amide bonds. The predicted molar refractivity (Wildman–Crippen MR) is 118 cm³/mol. The summed E-state index contributed by atoms with van der Waals surface area (Å²) in [7, 11) is 2.15. The number of amides is 1. The Balaban J connectivity index is 1.96. The van der Waals surface area contributed by atoms with E-state index < -0.39 is 0 Å². The van der Waals surface area contributed by atoms with E-state index >= 15 is 0 Å². The van der Waals surface area contributed by atoms with Gasteiger partial charge in [0.2, 0.25) is 0 Å². The van der Waals surface area contributed by atoms with Crippen molar-refractivity contribution in [1.82, 2.24) is 4.90 Å². The number of hydrogen-bond donors (Lipinski definition) is 1. The fourth-order valence-electron chi connectivity index (χ4n) is 4.61. The van der Waals surface area contributed by atoms with Gasteiger partial charge in [0.1, 0.15) is 0 Å². The summed E-state index contributed by atoms with van der Waals surface area (Å²) in [6.45, 7) is 12.7. The normalized spacial score (nSPS) is 15.7. The van der Waals surface area contributed by atoms with Crippen molar-refractivity contribution in [1.29, 1.82) is 5.26 Å². The first-order valence-electron chi connectivity index (χ1n) is 10.4. The van der Waals surface area contributed by atoms with Gasteiger partial charge in [-0.1, -0.05) is 46.8 Å². The highest BCUT2D eigenvalue weighted by molar-refractivity contribution is 6.05. The Labute approximate surface area is 174 Å². The van der Waals surface area contributed by atoms with E-state index in [0.717, 1.165) is 30.8 Å². The second-order valence-electron chi connectivity index (χ2n) is 9.05. The van der Waals surface area contributed by atoms with Crippen molar-refractivity contribution in [3.05, 3.63) is 63.7 Å². The molecule has 1 N–H and O–H groups in total. The highest BCUT2D eigenvalue weighted by atomic mass is 16.1. The molecule has 0 spiro atoms. The van der Waals surface area contributed by atoms with Gasteiger partial charge >= 0.3 is 0 Å². The van der Waals surface area contributed by atoms with Crippen LogP contribution in [-0.2, 0) is 18.4 Å². The summed E-state index contributed by atoms with van der Waals surface area (Å²) in [6, 6.07) is 11.8. The van der Waals surface area contributed by atoms with Gasteiger partial charge in [0.15, 0.2) is 0 Å². The zero-order valence-electron chi connectivity index (χ0n) is 18.4. The molecule has 1 aliphatic rings. The Morgan fingerprint density at radius 1 is 1.28 bits per heavy atom. The Morgan fingerprint density at radius 2 is 2.00 bits per heavy atom. The molecule has 2 aromatic rings. The molecule has 0 radical (unpaired) electrons. The maximum atomic E-state index is 13.0. The lowest BCUT2D eigenvalue weighted by atomic mass is 9.76. The van der Waals surface area contributed by atoms with Gasteiger partial charge in [0.25, 0.3) is 5.91 Å². The average molecular weight is 390 g/mol. The number of hydrogen-bond acceptors (Lipinski definition) is 3. The summed E-state index contributed by atoms with van der Waals surface area (Å²) in [5.74, 6) is 0.0734. The van der Waals surface area contributed by atoms with Crippen molar-refractivity contribution < 1.29 is 4.79 Å². The highest BCUT2D eigenvalue weighted by Crippen LogP contribution is 2.37. The molecule has 0 aliphatic carbocycles. The SMILES string of the molecule is CCc1c(NC(=O)c2ccc(C(C)C)c(C#N)c2)ccc2c1CN(C)CC2(C)C. The van der Waals surface area contributed by atoms with Gasteiger partial charge in [0, 0.05) is 29.8 Å². The van der Waals surface area contributed by atoms with Crippen molar-refractivity contribution in [2.24, 2.45) is 0 Å². The molecule has 1 heterocycles. The molecule has 0 saturated heterocycles. The summed E-state index contributed by atoms with van der Waals surface area (Å²) >= 11 is 0. The molecule has 0 aromatic heterocycles. The minimum Gasteiger partial charge on any atom is -0.322 e. The highest BCUT2D eigenvalue weighted by Gasteiger charge is 2.32. The zero-order valence-corrected chi connectivity index (χ0v) is 18.4. The standard InChI is InChI=1S/C25H31N3O/c1-7-19-21-14-28(6)15-25(4,5)22(21)10-11-23(19)27-24(29)17-8-9-20(16(2)3)18(12-17)13-26/h8-12,16H,7,14-15H2,1-6H3,(H,27,29). The van der Waals surface area contributed by atoms with Crippen molar-refractivity contribution in [3.63, 3.8) is 0 Å². The fraction of sp³-hybridized carbons (Fsp3) is 0.440. The van der Waals surface area contributed by atoms with Gasteiger partial charge in [-0.2, -0.15) is 5.26 Å². The maximum Gasteiger partial charge on any atom is 0.255 e. The first-order valence-corrected chi connectivity index (χ1v) is 10.4. The number of likely N-dealkylation sites (N-methyl/N-ethyl adjacent to an activating group) is 1. The molecule has 3 rings (SSSR count). The van der Waals surface area contributed by atoms with E-state index in [2.05, 4.69) is 64.0 Å². The third kappa shape index (κ3) is 4.06. The van der Waals surface area contributed by atoms with Crippen molar-refractivity contribution in [3.8, 4) is 6.07 Å². The van der Waals surface area contributed by atoms with Gasteiger partial charge in [-0.05, 0) is 59.8 Å². The molecule has 0 bridgehead atoms. The van der Waals surface area contributed by atoms with Crippen LogP contribution in [0.3, 0.4) is 0 Å². The van der Waals surface area contributed by atoms with Crippen LogP contribution in [0.4, 0.5) is 5.69 Å². The van der Waals surface area contributed by atoms with Crippen LogP contribution in [0.1, 0.15) is 78.7 Å². The quantitative estimate of drug-likeness (QED) is 0.780. The van der Waals surface area contributed by atoms with E-state index in [0.29, 0.717) is 11.1 Å². The molecular formula is C25H31N3O. The van der Waals surface area contributed by atoms with Crippen LogP contribution in [0.15, 0.2) is 30.3 Å². The van der Waals surface area contributed by atoms with Gasteiger partial charge in [-0.3, -0.25) is 4.79 Å². The number of nitriles is 1. The molecule has 29 heavy (non-hydrogen) atoms. The Kier molecular flexibility index (Phi) is 5.82.